The van der Waals surface area contributed by atoms with Gasteiger partial charge in [0.05, 0.1) is 0 Å². The van der Waals surface area contributed by atoms with E-state index in [9.17, 15) is 4.79 Å². The molecular formula is C14H21NO2. The van der Waals surface area contributed by atoms with Gasteiger partial charge in [0.25, 0.3) is 0 Å². The third-order valence-corrected chi connectivity index (χ3v) is 2.90. The predicted octanol–water partition coefficient (Wildman–Crippen LogP) is 3.39. The number of carboxylic acid groups (broad SMARTS) is 1. The summed E-state index contributed by atoms with van der Waals surface area (Å²) in [6, 6.07) is 6.04. The van der Waals surface area contributed by atoms with Gasteiger partial charge in [-0.2, -0.15) is 0 Å². The lowest BCUT2D eigenvalue weighted by Gasteiger charge is -2.26. The van der Waals surface area contributed by atoms with Crippen molar-refractivity contribution in [2.45, 2.75) is 46.1 Å². The van der Waals surface area contributed by atoms with Crippen molar-refractivity contribution in [1.29, 1.82) is 0 Å². The number of para-hydroxylation sites is 1. The van der Waals surface area contributed by atoms with Crippen molar-refractivity contribution in [2.24, 2.45) is 0 Å². The Morgan fingerprint density at radius 2 is 1.94 bits per heavy atom. The van der Waals surface area contributed by atoms with Crippen molar-refractivity contribution in [3.8, 4) is 0 Å². The number of benzene rings is 1. The quantitative estimate of drug-likeness (QED) is 0.841. The molecule has 1 aromatic rings. The Balaban J connectivity index is 3.18. The van der Waals surface area contributed by atoms with Gasteiger partial charge in [0.1, 0.15) is 5.54 Å². The molecule has 2 N–H and O–H groups in total. The monoisotopic (exact) mass is 235 g/mol. The fourth-order valence-electron chi connectivity index (χ4n) is 1.71. The molecule has 0 radical (unpaired) electrons. The molecule has 0 atom stereocenters. The number of anilines is 1. The fourth-order valence-corrected chi connectivity index (χ4v) is 1.71. The molecule has 3 heteroatoms. The first kappa shape index (κ1) is 13.6. The molecule has 1 rings (SSSR count). The molecule has 17 heavy (non-hydrogen) atoms. The Morgan fingerprint density at radius 3 is 2.41 bits per heavy atom. The summed E-state index contributed by atoms with van der Waals surface area (Å²) in [5.74, 6) is -0.488. The van der Waals surface area contributed by atoms with E-state index in [0.717, 1.165) is 16.8 Å². The topological polar surface area (TPSA) is 49.3 Å². The van der Waals surface area contributed by atoms with E-state index in [1.54, 1.807) is 13.8 Å². The molecule has 0 unspecified atom stereocenters. The first-order chi connectivity index (χ1) is 7.75. The van der Waals surface area contributed by atoms with Gasteiger partial charge in [-0.3, -0.25) is 0 Å². The first-order valence-corrected chi connectivity index (χ1v) is 5.87. The minimum atomic E-state index is -0.963. The molecule has 94 valence electrons. The predicted molar refractivity (Wildman–Crippen MR) is 70.6 cm³/mol. The summed E-state index contributed by atoms with van der Waals surface area (Å²) in [7, 11) is 0. The number of rotatable bonds is 4. The van der Waals surface area contributed by atoms with Gasteiger partial charge >= 0.3 is 5.97 Å². The SMILES string of the molecule is Cc1cccc(C(C)C)c1NC(C)(C)C(=O)O. The average molecular weight is 235 g/mol. The third-order valence-electron chi connectivity index (χ3n) is 2.90. The number of hydrogen-bond acceptors (Lipinski definition) is 2. The van der Waals surface area contributed by atoms with Gasteiger partial charge in [0.2, 0.25) is 0 Å². The van der Waals surface area contributed by atoms with Crippen LogP contribution in [0.3, 0.4) is 0 Å². The van der Waals surface area contributed by atoms with Crippen LogP contribution in [0.25, 0.3) is 0 Å². The maximum absolute atomic E-state index is 11.2. The summed E-state index contributed by atoms with van der Waals surface area (Å²) in [5.41, 5.74) is 2.20. The van der Waals surface area contributed by atoms with Crippen molar-refractivity contribution >= 4 is 11.7 Å². The van der Waals surface area contributed by atoms with Crippen molar-refractivity contribution in [1.82, 2.24) is 0 Å². The van der Waals surface area contributed by atoms with Crippen LogP contribution in [-0.2, 0) is 4.79 Å². The van der Waals surface area contributed by atoms with E-state index < -0.39 is 11.5 Å². The van der Waals surface area contributed by atoms with Gasteiger partial charge in [0, 0.05) is 5.69 Å². The summed E-state index contributed by atoms with van der Waals surface area (Å²) in [6.07, 6.45) is 0. The van der Waals surface area contributed by atoms with Gasteiger partial charge in [-0.15, -0.1) is 0 Å². The van der Waals surface area contributed by atoms with Gasteiger partial charge in [-0.05, 0) is 37.8 Å². The first-order valence-electron chi connectivity index (χ1n) is 5.87. The number of carbonyl (C=O) groups is 1. The standard InChI is InChI=1S/C14H21NO2/c1-9(2)11-8-6-7-10(3)12(11)15-14(4,5)13(16)17/h6-9,15H,1-5H3,(H,16,17). The van der Waals surface area contributed by atoms with E-state index in [-0.39, 0.29) is 0 Å². The van der Waals surface area contributed by atoms with E-state index in [1.807, 2.05) is 25.1 Å². The number of nitrogens with one attached hydrogen (secondary N) is 1. The smallest absolute Gasteiger partial charge is 0.328 e. The van der Waals surface area contributed by atoms with Crippen LogP contribution in [0, 0.1) is 6.92 Å². The molecule has 0 aliphatic carbocycles. The van der Waals surface area contributed by atoms with Crippen LogP contribution in [0.1, 0.15) is 44.7 Å². The summed E-state index contributed by atoms with van der Waals surface area (Å²) >= 11 is 0. The minimum Gasteiger partial charge on any atom is -0.480 e. The van der Waals surface area contributed by atoms with Crippen molar-refractivity contribution in [3.63, 3.8) is 0 Å². The van der Waals surface area contributed by atoms with Crippen molar-refractivity contribution < 1.29 is 9.90 Å². The van der Waals surface area contributed by atoms with E-state index in [1.165, 1.54) is 0 Å². The molecule has 0 heterocycles. The lowest BCUT2D eigenvalue weighted by atomic mass is 9.95. The Bertz CT molecular complexity index is 422. The molecular weight excluding hydrogens is 214 g/mol. The molecule has 0 aliphatic heterocycles. The fraction of sp³-hybridized carbons (Fsp3) is 0.500. The van der Waals surface area contributed by atoms with Gasteiger partial charge in [0.15, 0.2) is 0 Å². The Hall–Kier alpha value is -1.51. The summed E-state index contributed by atoms with van der Waals surface area (Å²) < 4.78 is 0. The lowest BCUT2D eigenvalue weighted by Crippen LogP contribution is -2.40. The summed E-state index contributed by atoms with van der Waals surface area (Å²) in [4.78, 5) is 11.2. The zero-order valence-electron chi connectivity index (χ0n) is 11.2. The van der Waals surface area contributed by atoms with Gasteiger partial charge in [-0.1, -0.05) is 32.0 Å². The maximum atomic E-state index is 11.2. The average Bonchev–Trinajstić information content (AvgIpc) is 2.20. The van der Waals surface area contributed by atoms with Crippen LogP contribution in [0.5, 0.6) is 0 Å². The molecule has 0 saturated heterocycles. The lowest BCUT2D eigenvalue weighted by molar-refractivity contribution is -0.141. The second-order valence-electron chi connectivity index (χ2n) is 5.25. The Kier molecular flexibility index (Phi) is 3.81. The van der Waals surface area contributed by atoms with Crippen LogP contribution < -0.4 is 5.32 Å². The minimum absolute atomic E-state index is 0.363. The highest BCUT2D eigenvalue weighted by Crippen LogP contribution is 2.29. The molecule has 0 bridgehead atoms. The molecule has 3 nitrogen and oxygen atoms in total. The number of hydrogen-bond donors (Lipinski definition) is 2. The highest BCUT2D eigenvalue weighted by Gasteiger charge is 2.28. The van der Waals surface area contributed by atoms with Crippen LogP contribution >= 0.6 is 0 Å². The summed E-state index contributed by atoms with van der Waals surface area (Å²) in [5, 5.41) is 12.3. The third kappa shape index (κ3) is 2.99. The normalized spacial score (nSPS) is 11.6. The van der Waals surface area contributed by atoms with Gasteiger partial charge < -0.3 is 10.4 Å². The van der Waals surface area contributed by atoms with Crippen LogP contribution in [-0.4, -0.2) is 16.6 Å². The largest absolute Gasteiger partial charge is 0.480 e. The number of aliphatic carboxylic acids is 1. The number of carboxylic acids is 1. The van der Waals surface area contributed by atoms with E-state index >= 15 is 0 Å². The second kappa shape index (κ2) is 4.78. The van der Waals surface area contributed by atoms with Crippen LogP contribution in [0.15, 0.2) is 18.2 Å². The van der Waals surface area contributed by atoms with E-state index in [4.69, 9.17) is 5.11 Å². The molecule has 0 saturated carbocycles. The van der Waals surface area contributed by atoms with E-state index in [2.05, 4.69) is 19.2 Å². The Morgan fingerprint density at radius 1 is 1.35 bits per heavy atom. The molecule has 0 amide bonds. The summed E-state index contributed by atoms with van der Waals surface area (Å²) in [6.45, 7) is 9.55. The van der Waals surface area contributed by atoms with Crippen LogP contribution in [0.4, 0.5) is 5.69 Å². The van der Waals surface area contributed by atoms with Crippen molar-refractivity contribution in [3.05, 3.63) is 29.3 Å². The molecule has 0 fully saturated rings. The van der Waals surface area contributed by atoms with Crippen LogP contribution in [0.2, 0.25) is 0 Å². The zero-order valence-corrected chi connectivity index (χ0v) is 11.2. The van der Waals surface area contributed by atoms with Gasteiger partial charge in [-0.25, -0.2) is 4.79 Å². The second-order valence-corrected chi connectivity index (χ2v) is 5.25. The molecule has 0 aromatic heterocycles. The van der Waals surface area contributed by atoms with Crippen molar-refractivity contribution in [2.75, 3.05) is 5.32 Å². The molecule has 1 aromatic carbocycles. The number of aryl methyl sites for hydroxylation is 1. The Labute approximate surface area is 103 Å². The molecule has 0 spiro atoms. The highest BCUT2D eigenvalue weighted by atomic mass is 16.4. The zero-order chi connectivity index (χ0) is 13.2. The molecule has 0 aliphatic rings. The highest BCUT2D eigenvalue weighted by molar-refractivity contribution is 5.82. The van der Waals surface area contributed by atoms with E-state index in [0.29, 0.717) is 5.92 Å². The maximum Gasteiger partial charge on any atom is 0.328 e.